The number of benzene rings is 7. The summed E-state index contributed by atoms with van der Waals surface area (Å²) in [6.45, 7) is -0.280. The summed E-state index contributed by atoms with van der Waals surface area (Å²) in [4.78, 5) is 0. The van der Waals surface area contributed by atoms with E-state index in [-0.39, 0.29) is 6.92 Å². The molecule has 0 atom stereocenters. The van der Waals surface area contributed by atoms with Crippen molar-refractivity contribution in [2.75, 3.05) is 0 Å². The van der Waals surface area contributed by atoms with E-state index in [0.29, 0.717) is 0 Å². The first-order valence-corrected chi connectivity index (χ1v) is 15.9. The minimum atomic E-state index is -0.280. The lowest BCUT2D eigenvalue weighted by Crippen LogP contribution is -2.53. The Bertz CT molecular complexity index is 2720. The lowest BCUT2D eigenvalue weighted by Gasteiger charge is -2.33. The largest absolute Gasteiger partial charge is 0.551 e. The summed E-state index contributed by atoms with van der Waals surface area (Å²) in [5, 5.41) is 4.71. The van der Waals surface area contributed by atoms with E-state index >= 15 is 0 Å². The van der Waals surface area contributed by atoms with Crippen molar-refractivity contribution < 1.29 is 13.8 Å². The van der Waals surface area contributed by atoms with Crippen molar-refractivity contribution in [2.45, 2.75) is 0 Å². The van der Waals surface area contributed by atoms with Gasteiger partial charge in [-0.3, -0.25) is 0 Å². The summed E-state index contributed by atoms with van der Waals surface area (Å²) in [7, 11) is 0. The fraction of sp³-hybridized carbons (Fsp3) is 0. The van der Waals surface area contributed by atoms with E-state index in [1.54, 1.807) is 0 Å². The van der Waals surface area contributed by atoms with Crippen LogP contribution in [-0.2, 0) is 0 Å². The SMILES string of the molecule is c1ccc2c(c1)Oc1cc(-n3c4ccccc4c4ccccc43)cc3c1B2Oc1cc(-c2ccc4c(c2)oc2ccccc24)ccc1-3. The van der Waals surface area contributed by atoms with E-state index < -0.39 is 0 Å². The van der Waals surface area contributed by atoms with Crippen LogP contribution < -0.4 is 20.3 Å². The van der Waals surface area contributed by atoms with Gasteiger partial charge in [0.2, 0.25) is 0 Å². The maximum absolute atomic E-state index is 6.92. The van der Waals surface area contributed by atoms with Gasteiger partial charge in [-0.2, -0.15) is 0 Å². The quantitative estimate of drug-likeness (QED) is 0.185. The summed E-state index contributed by atoms with van der Waals surface area (Å²) < 4.78 is 22.2. The Kier molecular flexibility index (Phi) is 4.89. The molecule has 9 aromatic rings. The summed E-state index contributed by atoms with van der Waals surface area (Å²) in [5.41, 5.74) is 11.6. The molecule has 0 amide bonds. The summed E-state index contributed by atoms with van der Waals surface area (Å²) in [6, 6.07) is 51.1. The molecule has 0 unspecified atom stereocenters. The minimum Gasteiger partial charge on any atom is -0.551 e. The van der Waals surface area contributed by atoms with Gasteiger partial charge in [-0.15, -0.1) is 0 Å². The van der Waals surface area contributed by atoms with Gasteiger partial charge < -0.3 is 18.4 Å². The fourth-order valence-corrected chi connectivity index (χ4v) is 7.76. The molecule has 0 saturated heterocycles. The molecule has 2 aliphatic rings. The van der Waals surface area contributed by atoms with Crippen LogP contribution in [0.4, 0.5) is 0 Å². The molecule has 0 saturated carbocycles. The Labute approximate surface area is 270 Å². The average molecular weight is 601 g/mol. The van der Waals surface area contributed by atoms with Crippen LogP contribution in [-0.4, -0.2) is 11.5 Å². The number of ether oxygens (including phenoxy) is 1. The zero-order valence-electron chi connectivity index (χ0n) is 25.1. The van der Waals surface area contributed by atoms with Gasteiger partial charge in [0.15, 0.2) is 0 Å². The van der Waals surface area contributed by atoms with Gasteiger partial charge in [-0.1, -0.05) is 91.0 Å². The first-order chi connectivity index (χ1) is 23.3. The molecule has 218 valence electrons. The van der Waals surface area contributed by atoms with Gasteiger partial charge in [0, 0.05) is 44.1 Å². The lowest BCUT2D eigenvalue weighted by molar-refractivity contribution is 0.479. The van der Waals surface area contributed by atoms with Gasteiger partial charge >= 0.3 is 6.92 Å². The van der Waals surface area contributed by atoms with Gasteiger partial charge in [0.05, 0.1) is 16.7 Å². The number of para-hydroxylation sites is 4. The zero-order chi connectivity index (χ0) is 30.6. The van der Waals surface area contributed by atoms with Crippen molar-refractivity contribution in [3.63, 3.8) is 0 Å². The second-order valence-corrected chi connectivity index (χ2v) is 12.4. The van der Waals surface area contributed by atoms with Crippen LogP contribution in [0.25, 0.3) is 71.7 Å². The van der Waals surface area contributed by atoms with E-state index in [4.69, 9.17) is 13.8 Å². The monoisotopic (exact) mass is 601 g/mol. The van der Waals surface area contributed by atoms with E-state index in [2.05, 4.69) is 126 Å². The maximum atomic E-state index is 6.92. The zero-order valence-corrected chi connectivity index (χ0v) is 25.1. The van der Waals surface area contributed by atoms with Crippen LogP contribution in [0.5, 0.6) is 17.2 Å². The molecule has 0 spiro atoms. The van der Waals surface area contributed by atoms with Crippen LogP contribution in [0.2, 0.25) is 0 Å². The van der Waals surface area contributed by atoms with Crippen LogP contribution >= 0.6 is 0 Å². The first-order valence-electron chi connectivity index (χ1n) is 15.9. The van der Waals surface area contributed by atoms with Crippen LogP contribution in [0.1, 0.15) is 0 Å². The second-order valence-electron chi connectivity index (χ2n) is 12.4. The van der Waals surface area contributed by atoms with Crippen molar-refractivity contribution in [1.82, 2.24) is 4.57 Å². The van der Waals surface area contributed by atoms with Gasteiger partial charge in [0.25, 0.3) is 0 Å². The molecule has 0 N–H and O–H groups in total. The Morgan fingerprint density at radius 2 is 1.15 bits per heavy atom. The first kappa shape index (κ1) is 25.0. The highest BCUT2D eigenvalue weighted by Crippen LogP contribution is 2.44. The molecule has 5 heteroatoms. The molecular formula is C42H24BNO3. The van der Waals surface area contributed by atoms with E-state index in [1.165, 1.54) is 10.8 Å². The maximum Gasteiger partial charge on any atom is 0.434 e. The lowest BCUT2D eigenvalue weighted by atomic mass is 9.51. The van der Waals surface area contributed by atoms with Gasteiger partial charge in [0.1, 0.15) is 28.4 Å². The number of furan rings is 1. The van der Waals surface area contributed by atoms with Crippen LogP contribution in [0.15, 0.2) is 150 Å². The molecule has 0 bridgehead atoms. The standard InChI is InChI=1S/C42H24BNO3/c1-5-13-35-28(9-1)29-10-2-6-14-36(29)44(35)27-23-33-32-20-18-26(25-17-19-31-30-11-3-7-15-37(30)45-39(31)21-25)22-40(32)47-43-34-12-4-8-16-38(34)46-41(24-27)42(33)43/h1-24H. The second kappa shape index (κ2) is 9.18. The number of fused-ring (bicyclic) bond motifs is 10. The number of rotatable bonds is 2. The number of hydrogen-bond donors (Lipinski definition) is 0. The van der Waals surface area contributed by atoms with Crippen molar-refractivity contribution in [1.29, 1.82) is 0 Å². The molecule has 47 heavy (non-hydrogen) atoms. The van der Waals surface area contributed by atoms with E-state index in [9.17, 15) is 0 Å². The number of nitrogens with zero attached hydrogens (tertiary/aromatic N) is 1. The molecule has 0 aliphatic carbocycles. The van der Waals surface area contributed by atoms with E-state index in [0.717, 1.165) is 89.1 Å². The molecule has 0 radical (unpaired) electrons. The molecule has 2 aliphatic heterocycles. The molecular weight excluding hydrogens is 577 g/mol. The van der Waals surface area contributed by atoms with Crippen molar-refractivity contribution in [2.24, 2.45) is 0 Å². The fourth-order valence-electron chi connectivity index (χ4n) is 7.76. The molecule has 11 rings (SSSR count). The van der Waals surface area contributed by atoms with Gasteiger partial charge in [-0.05, 0) is 65.2 Å². The highest BCUT2D eigenvalue weighted by Gasteiger charge is 2.41. The molecule has 4 heterocycles. The number of hydrogen-bond acceptors (Lipinski definition) is 3. The molecule has 7 aromatic carbocycles. The predicted molar refractivity (Wildman–Crippen MR) is 191 cm³/mol. The molecule has 4 nitrogen and oxygen atoms in total. The highest BCUT2D eigenvalue weighted by molar-refractivity contribution is 6.84. The smallest absolute Gasteiger partial charge is 0.434 e. The van der Waals surface area contributed by atoms with Crippen LogP contribution in [0.3, 0.4) is 0 Å². The average Bonchev–Trinajstić information content (AvgIpc) is 3.67. The third-order valence-corrected chi connectivity index (χ3v) is 9.88. The highest BCUT2D eigenvalue weighted by atomic mass is 16.5. The summed E-state index contributed by atoms with van der Waals surface area (Å²) in [5.74, 6) is 2.50. The Balaban J connectivity index is 1.13. The Hall–Kier alpha value is -6.20. The minimum absolute atomic E-state index is 0.280. The normalized spacial score (nSPS) is 13.0. The third kappa shape index (κ3) is 3.48. The van der Waals surface area contributed by atoms with Crippen molar-refractivity contribution >= 4 is 61.6 Å². The Morgan fingerprint density at radius 1 is 0.468 bits per heavy atom. The van der Waals surface area contributed by atoms with Gasteiger partial charge in [-0.25, -0.2) is 0 Å². The van der Waals surface area contributed by atoms with E-state index in [1.807, 2.05) is 24.3 Å². The third-order valence-electron chi connectivity index (χ3n) is 9.88. The summed E-state index contributed by atoms with van der Waals surface area (Å²) >= 11 is 0. The van der Waals surface area contributed by atoms with Crippen molar-refractivity contribution in [3.8, 4) is 45.2 Å². The van der Waals surface area contributed by atoms with Crippen LogP contribution in [0, 0.1) is 0 Å². The number of aromatic nitrogens is 1. The molecule has 2 aromatic heterocycles. The Morgan fingerprint density at radius 3 is 2.00 bits per heavy atom. The summed E-state index contributed by atoms with van der Waals surface area (Å²) in [6.07, 6.45) is 0. The molecule has 0 fully saturated rings. The van der Waals surface area contributed by atoms with Crippen molar-refractivity contribution in [3.05, 3.63) is 146 Å². The predicted octanol–water partition coefficient (Wildman–Crippen LogP) is 9.62. The topological polar surface area (TPSA) is 36.5 Å².